The molecule has 1 fully saturated rings. The molecule has 28 heavy (non-hydrogen) atoms. The maximum absolute atomic E-state index is 13.0. The van der Waals surface area contributed by atoms with E-state index in [0.29, 0.717) is 31.1 Å². The van der Waals surface area contributed by atoms with E-state index < -0.39 is 0 Å². The van der Waals surface area contributed by atoms with Gasteiger partial charge in [0.2, 0.25) is 5.91 Å². The molecule has 1 N–H and O–H groups in total. The average molecular weight is 379 g/mol. The zero-order valence-electron chi connectivity index (χ0n) is 17.2. The number of carbonyl (C=O) groups excluding carboxylic acids is 2. The molecule has 4 heteroatoms. The molecule has 2 atom stereocenters. The van der Waals surface area contributed by atoms with Gasteiger partial charge in [-0.15, -0.1) is 0 Å². The molecule has 0 saturated carbocycles. The van der Waals surface area contributed by atoms with Gasteiger partial charge in [-0.2, -0.15) is 0 Å². The second kappa shape index (κ2) is 8.59. The van der Waals surface area contributed by atoms with Gasteiger partial charge in [-0.05, 0) is 37.5 Å². The lowest BCUT2D eigenvalue weighted by Crippen LogP contribution is -2.37. The van der Waals surface area contributed by atoms with Crippen molar-refractivity contribution in [3.05, 3.63) is 70.8 Å². The molecule has 1 heterocycles. The summed E-state index contributed by atoms with van der Waals surface area (Å²) in [6.07, 6.45) is 0. The molecule has 0 radical (unpaired) electrons. The van der Waals surface area contributed by atoms with Crippen LogP contribution in [0.25, 0.3) is 0 Å². The predicted molar refractivity (Wildman–Crippen MR) is 112 cm³/mol. The molecule has 0 spiro atoms. The topological polar surface area (TPSA) is 49.4 Å². The number of benzene rings is 2. The van der Waals surface area contributed by atoms with Gasteiger partial charge >= 0.3 is 0 Å². The fourth-order valence-electron chi connectivity index (χ4n) is 3.70. The Hall–Kier alpha value is -2.62. The third-order valence-corrected chi connectivity index (χ3v) is 5.43. The Morgan fingerprint density at radius 1 is 0.964 bits per heavy atom. The van der Waals surface area contributed by atoms with Gasteiger partial charge in [0.05, 0.1) is 5.92 Å². The average Bonchev–Trinajstić information content (AvgIpc) is 3.12. The molecule has 148 valence electrons. The minimum Gasteiger partial charge on any atom is -0.356 e. The van der Waals surface area contributed by atoms with E-state index >= 15 is 0 Å². The number of carbonyl (C=O) groups is 2. The van der Waals surface area contributed by atoms with E-state index in [1.54, 1.807) is 0 Å². The predicted octanol–water partition coefficient (Wildman–Crippen LogP) is 3.93. The molecular weight excluding hydrogens is 348 g/mol. The van der Waals surface area contributed by atoms with Crippen LogP contribution >= 0.6 is 0 Å². The van der Waals surface area contributed by atoms with Crippen molar-refractivity contribution in [3.63, 3.8) is 0 Å². The maximum atomic E-state index is 13.0. The molecule has 1 saturated heterocycles. The maximum Gasteiger partial charge on any atom is 0.253 e. The van der Waals surface area contributed by atoms with Gasteiger partial charge in [0, 0.05) is 31.1 Å². The van der Waals surface area contributed by atoms with Gasteiger partial charge in [-0.1, -0.05) is 61.4 Å². The van der Waals surface area contributed by atoms with E-state index in [-0.39, 0.29) is 23.7 Å². The van der Waals surface area contributed by atoms with Crippen LogP contribution in [0.1, 0.15) is 46.8 Å². The molecule has 2 amide bonds. The van der Waals surface area contributed by atoms with E-state index in [1.807, 2.05) is 36.1 Å². The summed E-state index contributed by atoms with van der Waals surface area (Å²) in [5.74, 6) is 0.223. The largest absolute Gasteiger partial charge is 0.356 e. The summed E-state index contributed by atoms with van der Waals surface area (Å²) >= 11 is 0. The first-order valence-corrected chi connectivity index (χ1v) is 10.1. The third-order valence-electron chi connectivity index (χ3n) is 5.43. The van der Waals surface area contributed by atoms with Gasteiger partial charge in [0.1, 0.15) is 0 Å². The van der Waals surface area contributed by atoms with Gasteiger partial charge in [-0.25, -0.2) is 0 Å². The molecule has 2 aromatic carbocycles. The Balaban J connectivity index is 1.83. The summed E-state index contributed by atoms with van der Waals surface area (Å²) in [6.45, 7) is 9.90. The SMILES string of the molecule is Cc1ccc(C(=O)N2CC(C(=O)NCC(C)C)C(c3ccc(C)cc3)C2)cc1. The van der Waals surface area contributed by atoms with E-state index in [0.717, 1.165) is 11.1 Å². The fraction of sp³-hybridized carbons (Fsp3) is 0.417. The molecule has 1 aliphatic heterocycles. The quantitative estimate of drug-likeness (QED) is 0.857. The lowest BCUT2D eigenvalue weighted by molar-refractivity contribution is -0.125. The highest BCUT2D eigenvalue weighted by Gasteiger charge is 2.40. The first-order chi connectivity index (χ1) is 13.3. The number of amides is 2. The van der Waals surface area contributed by atoms with Crippen molar-refractivity contribution in [2.75, 3.05) is 19.6 Å². The molecule has 1 aliphatic rings. The van der Waals surface area contributed by atoms with Gasteiger partial charge in [0.15, 0.2) is 0 Å². The van der Waals surface area contributed by atoms with Crippen LogP contribution in [0.5, 0.6) is 0 Å². The van der Waals surface area contributed by atoms with Crippen molar-refractivity contribution in [1.82, 2.24) is 10.2 Å². The molecule has 0 aromatic heterocycles. The highest BCUT2D eigenvalue weighted by Crippen LogP contribution is 2.34. The molecule has 0 bridgehead atoms. The lowest BCUT2D eigenvalue weighted by atomic mass is 9.88. The Labute approximate surface area is 167 Å². The number of likely N-dealkylation sites (tertiary alicyclic amines) is 1. The molecule has 3 rings (SSSR count). The van der Waals surface area contributed by atoms with Gasteiger partial charge in [-0.3, -0.25) is 9.59 Å². The van der Waals surface area contributed by atoms with Crippen molar-refractivity contribution in [2.24, 2.45) is 11.8 Å². The monoisotopic (exact) mass is 378 g/mol. The second-order valence-corrected chi connectivity index (χ2v) is 8.34. The van der Waals surface area contributed by atoms with Crippen LogP contribution in [0.4, 0.5) is 0 Å². The summed E-state index contributed by atoms with van der Waals surface area (Å²) in [4.78, 5) is 27.7. The van der Waals surface area contributed by atoms with Gasteiger partial charge < -0.3 is 10.2 Å². The van der Waals surface area contributed by atoms with Crippen LogP contribution < -0.4 is 5.32 Å². The number of hydrogen-bond donors (Lipinski definition) is 1. The molecule has 2 aromatic rings. The number of aryl methyl sites for hydroxylation is 2. The molecular formula is C24H30N2O2. The molecule has 2 unspecified atom stereocenters. The standard InChI is InChI=1S/C24H30N2O2/c1-16(2)13-25-23(27)22-15-26(24(28)20-11-7-18(4)8-12-20)14-21(22)19-9-5-17(3)6-10-19/h5-12,16,21-22H,13-15H2,1-4H3,(H,25,27). The minimum atomic E-state index is -0.226. The van der Waals surface area contributed by atoms with E-state index in [9.17, 15) is 9.59 Å². The Kier molecular flexibility index (Phi) is 6.18. The van der Waals surface area contributed by atoms with Gasteiger partial charge in [0.25, 0.3) is 5.91 Å². The number of nitrogens with zero attached hydrogens (tertiary/aromatic N) is 1. The first kappa shape index (κ1) is 20.1. The van der Waals surface area contributed by atoms with Crippen LogP contribution in [-0.4, -0.2) is 36.3 Å². The summed E-state index contributed by atoms with van der Waals surface area (Å²) in [5, 5.41) is 3.06. The summed E-state index contributed by atoms with van der Waals surface area (Å²) in [5.41, 5.74) is 4.11. The van der Waals surface area contributed by atoms with E-state index in [2.05, 4.69) is 50.4 Å². The smallest absolute Gasteiger partial charge is 0.253 e. The zero-order chi connectivity index (χ0) is 20.3. The van der Waals surface area contributed by atoms with Crippen LogP contribution in [0, 0.1) is 25.7 Å². The zero-order valence-corrected chi connectivity index (χ0v) is 17.2. The summed E-state index contributed by atoms with van der Waals surface area (Å²) in [6, 6.07) is 16.0. The number of nitrogens with one attached hydrogen (secondary N) is 1. The van der Waals surface area contributed by atoms with Crippen molar-refractivity contribution >= 4 is 11.8 Å². The van der Waals surface area contributed by atoms with Crippen molar-refractivity contribution < 1.29 is 9.59 Å². The van der Waals surface area contributed by atoms with Crippen LogP contribution in [0.3, 0.4) is 0 Å². The number of hydrogen-bond acceptors (Lipinski definition) is 2. The second-order valence-electron chi connectivity index (χ2n) is 8.34. The lowest BCUT2D eigenvalue weighted by Gasteiger charge is -2.19. The van der Waals surface area contributed by atoms with Crippen LogP contribution in [-0.2, 0) is 4.79 Å². The number of rotatable bonds is 5. The highest BCUT2D eigenvalue weighted by atomic mass is 16.2. The van der Waals surface area contributed by atoms with Crippen LogP contribution in [0.2, 0.25) is 0 Å². The highest BCUT2D eigenvalue weighted by molar-refractivity contribution is 5.95. The normalized spacial score (nSPS) is 19.1. The van der Waals surface area contributed by atoms with Crippen LogP contribution in [0.15, 0.2) is 48.5 Å². The Morgan fingerprint density at radius 3 is 2.11 bits per heavy atom. The third kappa shape index (κ3) is 4.61. The minimum absolute atomic E-state index is 0.00345. The van der Waals surface area contributed by atoms with E-state index in [1.165, 1.54) is 5.56 Å². The fourth-order valence-corrected chi connectivity index (χ4v) is 3.70. The first-order valence-electron chi connectivity index (χ1n) is 10.1. The summed E-state index contributed by atoms with van der Waals surface area (Å²) < 4.78 is 0. The summed E-state index contributed by atoms with van der Waals surface area (Å²) in [7, 11) is 0. The van der Waals surface area contributed by atoms with Crippen molar-refractivity contribution in [3.8, 4) is 0 Å². The molecule has 4 nitrogen and oxygen atoms in total. The van der Waals surface area contributed by atoms with Crippen molar-refractivity contribution in [2.45, 2.75) is 33.6 Å². The Morgan fingerprint density at radius 2 is 1.54 bits per heavy atom. The van der Waals surface area contributed by atoms with E-state index in [4.69, 9.17) is 0 Å². The van der Waals surface area contributed by atoms with Crippen molar-refractivity contribution in [1.29, 1.82) is 0 Å². The molecule has 0 aliphatic carbocycles. The Bertz CT molecular complexity index is 825.